The molecule has 1 N–H and O–H groups in total. The predicted molar refractivity (Wildman–Crippen MR) is 94.7 cm³/mol. The topological polar surface area (TPSA) is 52.7 Å². The molecule has 25 heavy (non-hydrogen) atoms. The van der Waals surface area contributed by atoms with Gasteiger partial charge in [-0.25, -0.2) is 9.18 Å². The number of urea groups is 1. The summed E-state index contributed by atoms with van der Waals surface area (Å²) >= 11 is 0. The van der Waals surface area contributed by atoms with Crippen LogP contribution in [0.4, 0.5) is 14.9 Å². The molecule has 2 saturated heterocycles. The molecule has 1 aromatic carbocycles. The lowest BCUT2D eigenvalue weighted by Crippen LogP contribution is -2.49. The lowest BCUT2D eigenvalue weighted by atomic mass is 9.93. The van der Waals surface area contributed by atoms with Crippen LogP contribution in [0.2, 0.25) is 0 Å². The summed E-state index contributed by atoms with van der Waals surface area (Å²) in [7, 11) is 0. The van der Waals surface area contributed by atoms with Crippen molar-refractivity contribution in [2.24, 2.45) is 11.8 Å². The van der Waals surface area contributed by atoms with E-state index in [1.54, 1.807) is 17.0 Å². The summed E-state index contributed by atoms with van der Waals surface area (Å²) < 4.78 is 13.2. The van der Waals surface area contributed by atoms with Crippen LogP contribution in [0.5, 0.6) is 0 Å². The van der Waals surface area contributed by atoms with Gasteiger partial charge in [0.05, 0.1) is 5.92 Å². The van der Waals surface area contributed by atoms with Gasteiger partial charge >= 0.3 is 6.03 Å². The molecule has 0 bridgehead atoms. The maximum absolute atomic E-state index is 13.2. The average Bonchev–Trinajstić information content (AvgIpc) is 2.62. The van der Waals surface area contributed by atoms with Crippen molar-refractivity contribution in [1.82, 2.24) is 9.80 Å². The van der Waals surface area contributed by atoms with E-state index in [-0.39, 0.29) is 23.7 Å². The molecule has 2 fully saturated rings. The highest BCUT2D eigenvalue weighted by Gasteiger charge is 2.32. The van der Waals surface area contributed by atoms with Crippen LogP contribution in [0.25, 0.3) is 0 Å². The second-order valence-electron chi connectivity index (χ2n) is 7.23. The molecule has 2 aliphatic heterocycles. The molecule has 0 aliphatic carbocycles. The zero-order chi connectivity index (χ0) is 17.8. The number of hydrogen-bond donors (Lipinski definition) is 1. The Labute approximate surface area is 148 Å². The second-order valence-corrected chi connectivity index (χ2v) is 7.23. The minimum Gasteiger partial charge on any atom is -0.342 e. The molecule has 5 nitrogen and oxygen atoms in total. The smallest absolute Gasteiger partial charge is 0.321 e. The van der Waals surface area contributed by atoms with E-state index in [2.05, 4.69) is 12.2 Å². The van der Waals surface area contributed by atoms with Crippen LogP contribution in [0.1, 0.15) is 32.6 Å². The summed E-state index contributed by atoms with van der Waals surface area (Å²) in [5.74, 6) is 0.350. The first-order valence-electron chi connectivity index (χ1n) is 9.13. The zero-order valence-electron chi connectivity index (χ0n) is 14.7. The van der Waals surface area contributed by atoms with E-state index in [1.807, 2.05) is 4.90 Å². The Kier molecular flexibility index (Phi) is 5.56. The summed E-state index contributed by atoms with van der Waals surface area (Å²) in [6, 6.07) is 5.58. The van der Waals surface area contributed by atoms with Crippen molar-refractivity contribution in [3.05, 3.63) is 30.1 Å². The highest BCUT2D eigenvalue weighted by Crippen LogP contribution is 2.23. The Morgan fingerprint density at radius 3 is 2.60 bits per heavy atom. The van der Waals surface area contributed by atoms with Gasteiger partial charge in [-0.15, -0.1) is 0 Å². The lowest BCUT2D eigenvalue weighted by molar-refractivity contribution is -0.138. The van der Waals surface area contributed by atoms with E-state index in [9.17, 15) is 14.0 Å². The number of halogens is 1. The third kappa shape index (κ3) is 4.50. The fourth-order valence-electron chi connectivity index (χ4n) is 3.62. The minimum absolute atomic E-state index is 0.125. The van der Waals surface area contributed by atoms with Gasteiger partial charge in [0.1, 0.15) is 5.82 Å². The van der Waals surface area contributed by atoms with Crippen LogP contribution in [0.15, 0.2) is 24.3 Å². The summed E-state index contributed by atoms with van der Waals surface area (Å²) in [4.78, 5) is 28.8. The van der Waals surface area contributed by atoms with E-state index in [4.69, 9.17) is 0 Å². The largest absolute Gasteiger partial charge is 0.342 e. The molecule has 136 valence electrons. The van der Waals surface area contributed by atoms with Crippen molar-refractivity contribution in [3.8, 4) is 0 Å². The number of carbonyl (C=O) groups is 2. The Morgan fingerprint density at radius 1 is 1.12 bits per heavy atom. The molecule has 3 rings (SSSR count). The molecule has 1 aromatic rings. The molecule has 6 heteroatoms. The van der Waals surface area contributed by atoms with Crippen LogP contribution in [0.3, 0.4) is 0 Å². The zero-order valence-corrected chi connectivity index (χ0v) is 14.7. The summed E-state index contributed by atoms with van der Waals surface area (Å²) in [5, 5.41) is 2.72. The Morgan fingerprint density at radius 2 is 1.88 bits per heavy atom. The normalized spacial score (nSPS) is 21.9. The van der Waals surface area contributed by atoms with Crippen molar-refractivity contribution in [3.63, 3.8) is 0 Å². The molecule has 0 radical (unpaired) electrons. The Hall–Kier alpha value is -2.11. The first kappa shape index (κ1) is 17.7. The van der Waals surface area contributed by atoms with Gasteiger partial charge in [0, 0.05) is 31.9 Å². The van der Waals surface area contributed by atoms with Gasteiger partial charge in [0.25, 0.3) is 0 Å². The molecular weight excluding hydrogens is 321 g/mol. The number of amides is 3. The van der Waals surface area contributed by atoms with E-state index in [1.165, 1.54) is 12.1 Å². The predicted octanol–water partition coefficient (Wildman–Crippen LogP) is 3.33. The van der Waals surface area contributed by atoms with Gasteiger partial charge in [-0.05, 0) is 49.8 Å². The third-order valence-electron chi connectivity index (χ3n) is 5.23. The van der Waals surface area contributed by atoms with Crippen molar-refractivity contribution < 1.29 is 14.0 Å². The number of carbonyl (C=O) groups excluding carboxylic acids is 2. The maximum Gasteiger partial charge on any atom is 0.321 e. The van der Waals surface area contributed by atoms with Crippen molar-refractivity contribution in [2.75, 3.05) is 31.5 Å². The number of nitrogens with one attached hydrogen (secondary N) is 1. The van der Waals surface area contributed by atoms with Crippen LogP contribution in [-0.4, -0.2) is 47.9 Å². The standard InChI is InChI=1S/C19H26FN3O2/c1-14-7-10-22(11-8-14)18(24)15-4-3-9-23(13-15)19(25)21-17-6-2-5-16(20)12-17/h2,5-6,12,14-15H,3-4,7-11,13H2,1H3,(H,21,25). The van der Waals surface area contributed by atoms with Crippen LogP contribution >= 0.6 is 0 Å². The average molecular weight is 347 g/mol. The van der Waals surface area contributed by atoms with Gasteiger partial charge in [0.15, 0.2) is 0 Å². The van der Waals surface area contributed by atoms with Crippen molar-refractivity contribution >= 4 is 17.6 Å². The van der Waals surface area contributed by atoms with Gasteiger partial charge < -0.3 is 15.1 Å². The van der Waals surface area contributed by atoms with Crippen molar-refractivity contribution in [1.29, 1.82) is 0 Å². The van der Waals surface area contributed by atoms with Gasteiger partial charge in [-0.2, -0.15) is 0 Å². The van der Waals surface area contributed by atoms with E-state index in [0.29, 0.717) is 24.7 Å². The van der Waals surface area contributed by atoms with Gasteiger partial charge in [-0.1, -0.05) is 13.0 Å². The Bertz CT molecular complexity index is 629. The first-order chi connectivity index (χ1) is 12.0. The number of likely N-dealkylation sites (tertiary alicyclic amines) is 2. The molecule has 0 aromatic heterocycles. The van der Waals surface area contributed by atoms with E-state index < -0.39 is 0 Å². The van der Waals surface area contributed by atoms with Crippen molar-refractivity contribution in [2.45, 2.75) is 32.6 Å². The van der Waals surface area contributed by atoms with Crippen LogP contribution in [-0.2, 0) is 4.79 Å². The third-order valence-corrected chi connectivity index (χ3v) is 5.23. The van der Waals surface area contributed by atoms with Gasteiger partial charge in [0.2, 0.25) is 5.91 Å². The lowest BCUT2D eigenvalue weighted by Gasteiger charge is -2.37. The molecule has 3 amide bonds. The highest BCUT2D eigenvalue weighted by molar-refractivity contribution is 5.90. The minimum atomic E-state index is -0.385. The number of rotatable bonds is 2. The second kappa shape index (κ2) is 7.85. The first-order valence-corrected chi connectivity index (χ1v) is 9.13. The van der Waals surface area contributed by atoms with Crippen LogP contribution < -0.4 is 5.32 Å². The molecule has 0 saturated carbocycles. The number of piperidine rings is 2. The summed E-state index contributed by atoms with van der Waals surface area (Å²) in [6.07, 6.45) is 3.76. The molecular formula is C19H26FN3O2. The number of anilines is 1. The molecule has 2 heterocycles. The number of nitrogens with zero attached hydrogens (tertiary/aromatic N) is 2. The molecule has 1 unspecified atom stereocenters. The van der Waals surface area contributed by atoms with Gasteiger partial charge in [-0.3, -0.25) is 4.79 Å². The summed E-state index contributed by atoms with van der Waals surface area (Å²) in [5.41, 5.74) is 0.434. The number of benzene rings is 1. The molecule has 1 atom stereocenters. The molecule has 2 aliphatic rings. The number of hydrogen-bond acceptors (Lipinski definition) is 2. The highest BCUT2D eigenvalue weighted by atomic mass is 19.1. The fourth-order valence-corrected chi connectivity index (χ4v) is 3.62. The maximum atomic E-state index is 13.2. The van der Waals surface area contributed by atoms with E-state index in [0.717, 1.165) is 38.8 Å². The molecule has 0 spiro atoms. The quantitative estimate of drug-likeness (QED) is 0.892. The summed E-state index contributed by atoms with van der Waals surface area (Å²) in [6.45, 7) is 4.94. The van der Waals surface area contributed by atoms with Crippen LogP contribution in [0, 0.1) is 17.7 Å². The van der Waals surface area contributed by atoms with E-state index >= 15 is 0 Å². The SMILES string of the molecule is CC1CCN(C(=O)C2CCCN(C(=O)Nc3cccc(F)c3)C2)CC1. The fraction of sp³-hybridized carbons (Fsp3) is 0.579. The Balaban J connectivity index is 1.57. The monoisotopic (exact) mass is 347 g/mol.